The van der Waals surface area contributed by atoms with Crippen LogP contribution in [0.1, 0.15) is 29.2 Å². The summed E-state index contributed by atoms with van der Waals surface area (Å²) >= 11 is 0. The number of hydrazine groups is 1. The first kappa shape index (κ1) is 14.5. The summed E-state index contributed by atoms with van der Waals surface area (Å²) in [5.74, 6) is 5.88. The van der Waals surface area contributed by atoms with Crippen LogP contribution >= 0.6 is 0 Å². The van der Waals surface area contributed by atoms with Gasteiger partial charge in [-0.3, -0.25) is 9.80 Å². The van der Waals surface area contributed by atoms with E-state index in [2.05, 4.69) is 0 Å². The number of methoxy groups -OCH3 is 1. The van der Waals surface area contributed by atoms with Gasteiger partial charge in [-0.05, 0) is 31.0 Å². The van der Waals surface area contributed by atoms with E-state index in [1.165, 1.54) is 7.05 Å². The van der Waals surface area contributed by atoms with Gasteiger partial charge >= 0.3 is 0 Å². The van der Waals surface area contributed by atoms with Gasteiger partial charge in [0.1, 0.15) is 5.75 Å². The Balaban J connectivity index is 3.01. The molecule has 0 saturated heterocycles. The maximum Gasteiger partial charge on any atom is 0.238 e. The first-order chi connectivity index (χ1) is 8.36. The van der Waals surface area contributed by atoms with Crippen molar-refractivity contribution in [3.05, 3.63) is 28.8 Å². The van der Waals surface area contributed by atoms with Crippen molar-refractivity contribution in [3.8, 4) is 5.75 Å². The highest BCUT2D eigenvalue weighted by Crippen LogP contribution is 2.29. The van der Waals surface area contributed by atoms with Gasteiger partial charge < -0.3 is 10.5 Å². The summed E-state index contributed by atoms with van der Waals surface area (Å²) in [7, 11) is 3.10. The van der Waals surface area contributed by atoms with Crippen LogP contribution in [0.2, 0.25) is 0 Å². The molecule has 1 amide bonds. The molecule has 1 aromatic carbocycles. The largest absolute Gasteiger partial charge is 0.496 e. The summed E-state index contributed by atoms with van der Waals surface area (Å²) in [5, 5.41) is 1.05. The van der Waals surface area contributed by atoms with Crippen molar-refractivity contribution in [2.24, 2.45) is 11.6 Å². The van der Waals surface area contributed by atoms with E-state index in [4.69, 9.17) is 16.3 Å². The number of aryl methyl sites for hydroxylation is 2. The van der Waals surface area contributed by atoms with E-state index < -0.39 is 6.04 Å². The van der Waals surface area contributed by atoms with Gasteiger partial charge in [0.2, 0.25) is 5.91 Å². The molecule has 5 heteroatoms. The minimum atomic E-state index is -0.419. The number of carbonyl (C=O) groups is 1. The van der Waals surface area contributed by atoms with Gasteiger partial charge in [0.15, 0.2) is 0 Å². The quantitative estimate of drug-likeness (QED) is 0.476. The van der Waals surface area contributed by atoms with E-state index in [1.807, 2.05) is 26.0 Å². The molecule has 1 rings (SSSR count). The van der Waals surface area contributed by atoms with Crippen molar-refractivity contribution in [2.45, 2.75) is 26.3 Å². The minimum absolute atomic E-state index is 0.159. The average molecular weight is 251 g/mol. The van der Waals surface area contributed by atoms with Crippen LogP contribution in [0.4, 0.5) is 0 Å². The van der Waals surface area contributed by atoms with Gasteiger partial charge in [-0.1, -0.05) is 6.07 Å². The third-order valence-corrected chi connectivity index (χ3v) is 3.03. The number of hydrogen-bond donors (Lipinski definition) is 2. The minimum Gasteiger partial charge on any atom is -0.496 e. The monoisotopic (exact) mass is 251 g/mol. The molecule has 100 valence electrons. The lowest BCUT2D eigenvalue weighted by molar-refractivity contribution is -0.130. The SMILES string of the molecule is COc1cc(C)c(C)cc1C(N)CC(=O)N(C)N. The van der Waals surface area contributed by atoms with Crippen molar-refractivity contribution >= 4 is 5.91 Å². The van der Waals surface area contributed by atoms with E-state index in [0.29, 0.717) is 5.75 Å². The maximum atomic E-state index is 11.6. The second kappa shape index (κ2) is 5.84. The van der Waals surface area contributed by atoms with E-state index in [-0.39, 0.29) is 12.3 Å². The third-order valence-electron chi connectivity index (χ3n) is 3.03. The number of carbonyl (C=O) groups excluding carboxylic acids is 1. The van der Waals surface area contributed by atoms with Crippen LogP contribution in [0.5, 0.6) is 5.75 Å². The first-order valence-corrected chi connectivity index (χ1v) is 5.78. The molecule has 0 radical (unpaired) electrons. The summed E-state index contributed by atoms with van der Waals surface area (Å²) in [5.41, 5.74) is 9.13. The second-order valence-corrected chi connectivity index (χ2v) is 4.49. The molecular formula is C13H21N3O2. The number of benzene rings is 1. The highest BCUT2D eigenvalue weighted by Gasteiger charge is 2.18. The molecule has 1 unspecified atom stereocenters. The topological polar surface area (TPSA) is 81.6 Å². The number of ether oxygens (including phenoxy) is 1. The first-order valence-electron chi connectivity index (χ1n) is 5.78. The summed E-state index contributed by atoms with van der Waals surface area (Å²) < 4.78 is 5.31. The van der Waals surface area contributed by atoms with Crippen molar-refractivity contribution in [1.29, 1.82) is 0 Å². The second-order valence-electron chi connectivity index (χ2n) is 4.49. The molecule has 1 aromatic rings. The maximum absolute atomic E-state index is 11.6. The Morgan fingerprint density at radius 3 is 2.44 bits per heavy atom. The third kappa shape index (κ3) is 3.21. The van der Waals surface area contributed by atoms with Gasteiger partial charge in [-0.2, -0.15) is 0 Å². The number of hydrogen-bond acceptors (Lipinski definition) is 4. The molecule has 4 N–H and O–H groups in total. The molecule has 0 aromatic heterocycles. The van der Waals surface area contributed by atoms with E-state index >= 15 is 0 Å². The van der Waals surface area contributed by atoms with Crippen molar-refractivity contribution in [3.63, 3.8) is 0 Å². The smallest absolute Gasteiger partial charge is 0.238 e. The van der Waals surface area contributed by atoms with Crippen molar-refractivity contribution in [1.82, 2.24) is 5.01 Å². The average Bonchev–Trinajstić information content (AvgIpc) is 2.31. The van der Waals surface area contributed by atoms with Crippen LogP contribution in [-0.4, -0.2) is 25.1 Å². The molecule has 0 fully saturated rings. The van der Waals surface area contributed by atoms with Gasteiger partial charge in [0.05, 0.1) is 7.11 Å². The van der Waals surface area contributed by atoms with E-state index in [9.17, 15) is 4.79 Å². The highest BCUT2D eigenvalue weighted by atomic mass is 16.5. The molecule has 0 bridgehead atoms. The zero-order valence-corrected chi connectivity index (χ0v) is 11.4. The summed E-state index contributed by atoms with van der Waals surface area (Å²) in [4.78, 5) is 11.6. The van der Waals surface area contributed by atoms with Crippen LogP contribution in [0, 0.1) is 13.8 Å². The predicted octanol–water partition coefficient (Wildman–Crippen LogP) is 1.03. The van der Waals surface area contributed by atoms with Gasteiger partial charge in [0.25, 0.3) is 0 Å². The summed E-state index contributed by atoms with van der Waals surface area (Å²) in [6.45, 7) is 4.01. The number of nitrogens with two attached hydrogens (primary N) is 2. The zero-order valence-electron chi connectivity index (χ0n) is 11.4. The number of rotatable bonds is 4. The normalized spacial score (nSPS) is 12.1. The summed E-state index contributed by atoms with van der Waals surface area (Å²) in [6, 6.07) is 3.47. The Kier molecular flexibility index (Phi) is 4.69. The Morgan fingerprint density at radius 1 is 1.39 bits per heavy atom. The lowest BCUT2D eigenvalue weighted by Crippen LogP contribution is -2.35. The molecule has 1 atom stereocenters. The Hall–Kier alpha value is -1.59. The van der Waals surface area contributed by atoms with Crippen molar-refractivity contribution < 1.29 is 9.53 Å². The number of nitrogens with zero attached hydrogens (tertiary/aromatic N) is 1. The molecule has 5 nitrogen and oxygen atoms in total. The fourth-order valence-electron chi connectivity index (χ4n) is 1.72. The Morgan fingerprint density at radius 2 is 1.94 bits per heavy atom. The van der Waals surface area contributed by atoms with Crippen LogP contribution < -0.4 is 16.3 Å². The van der Waals surface area contributed by atoms with E-state index in [0.717, 1.165) is 21.7 Å². The molecule has 0 spiro atoms. The van der Waals surface area contributed by atoms with E-state index in [1.54, 1.807) is 7.11 Å². The van der Waals surface area contributed by atoms with Crippen molar-refractivity contribution in [2.75, 3.05) is 14.2 Å². The highest BCUT2D eigenvalue weighted by molar-refractivity contribution is 5.76. The molecule has 0 saturated carbocycles. The van der Waals surface area contributed by atoms with Gasteiger partial charge in [-0.25, -0.2) is 5.84 Å². The predicted molar refractivity (Wildman–Crippen MR) is 71.0 cm³/mol. The summed E-state index contributed by atoms with van der Waals surface area (Å²) in [6.07, 6.45) is 0.159. The molecule has 0 aliphatic heterocycles. The fraction of sp³-hybridized carbons (Fsp3) is 0.462. The van der Waals surface area contributed by atoms with Gasteiger partial charge in [-0.15, -0.1) is 0 Å². The molecular weight excluding hydrogens is 230 g/mol. The molecule has 0 heterocycles. The van der Waals surface area contributed by atoms with Crippen LogP contribution in [0.3, 0.4) is 0 Å². The zero-order chi connectivity index (χ0) is 13.9. The van der Waals surface area contributed by atoms with Crippen LogP contribution in [0.25, 0.3) is 0 Å². The van der Waals surface area contributed by atoms with Gasteiger partial charge in [0, 0.05) is 25.1 Å². The lowest BCUT2D eigenvalue weighted by Gasteiger charge is -2.19. The number of amides is 1. The fourth-order valence-corrected chi connectivity index (χ4v) is 1.72. The molecule has 18 heavy (non-hydrogen) atoms. The lowest BCUT2D eigenvalue weighted by atomic mass is 9.98. The Bertz CT molecular complexity index is 444. The molecule has 0 aliphatic carbocycles. The Labute approximate surface area is 108 Å². The van der Waals surface area contributed by atoms with Crippen LogP contribution in [0.15, 0.2) is 12.1 Å². The van der Waals surface area contributed by atoms with Crippen LogP contribution in [-0.2, 0) is 4.79 Å². The standard InChI is InChI=1S/C13H21N3O2/c1-8-5-10(12(18-4)6-9(8)2)11(14)7-13(17)16(3)15/h5-6,11H,7,14-15H2,1-4H3. The molecule has 0 aliphatic rings.